The third-order valence-corrected chi connectivity index (χ3v) is 4.37. The summed E-state index contributed by atoms with van der Waals surface area (Å²) in [4.78, 5) is 9.06. The Bertz CT molecular complexity index is 707. The van der Waals surface area contributed by atoms with Crippen LogP contribution >= 0.6 is 11.3 Å². The van der Waals surface area contributed by atoms with Crippen LogP contribution in [-0.2, 0) is 0 Å². The van der Waals surface area contributed by atoms with Gasteiger partial charge in [-0.15, -0.1) is 11.3 Å². The van der Waals surface area contributed by atoms with E-state index in [-0.39, 0.29) is 0 Å². The molecule has 1 atom stereocenters. The molecule has 0 spiro atoms. The number of pyridine rings is 1. The van der Waals surface area contributed by atoms with Crippen LogP contribution in [0.3, 0.4) is 0 Å². The van der Waals surface area contributed by atoms with Gasteiger partial charge in [-0.3, -0.25) is 0 Å². The lowest BCUT2D eigenvalue weighted by Gasteiger charge is -2.13. The van der Waals surface area contributed by atoms with E-state index in [0.717, 1.165) is 22.9 Å². The molecule has 0 saturated heterocycles. The van der Waals surface area contributed by atoms with Crippen molar-refractivity contribution in [2.75, 3.05) is 11.9 Å². The summed E-state index contributed by atoms with van der Waals surface area (Å²) in [7, 11) is 0. The molecule has 3 rings (SSSR count). The quantitative estimate of drug-likeness (QED) is 0.779. The zero-order valence-corrected chi connectivity index (χ0v) is 12.4. The Kier molecular flexibility index (Phi) is 3.65. The summed E-state index contributed by atoms with van der Waals surface area (Å²) in [6.45, 7) is 5.12. The fourth-order valence-electron chi connectivity index (χ4n) is 2.22. The SMILES string of the molecule is Cc1cc2ccccc2nc1NCC(C)c1nccs1. The number of aromatic nitrogens is 2. The summed E-state index contributed by atoms with van der Waals surface area (Å²) < 4.78 is 0. The molecule has 1 aromatic carbocycles. The average Bonchev–Trinajstić information content (AvgIpc) is 2.99. The predicted molar refractivity (Wildman–Crippen MR) is 85.5 cm³/mol. The first-order chi connectivity index (χ1) is 9.74. The van der Waals surface area contributed by atoms with Crippen LogP contribution in [0.5, 0.6) is 0 Å². The van der Waals surface area contributed by atoms with Crippen molar-refractivity contribution in [1.29, 1.82) is 0 Å². The van der Waals surface area contributed by atoms with Gasteiger partial charge in [0.1, 0.15) is 5.82 Å². The molecule has 2 aromatic heterocycles. The van der Waals surface area contributed by atoms with Crippen LogP contribution in [0, 0.1) is 6.92 Å². The third-order valence-electron chi connectivity index (χ3n) is 3.36. The first kappa shape index (κ1) is 13.1. The van der Waals surface area contributed by atoms with Gasteiger partial charge >= 0.3 is 0 Å². The van der Waals surface area contributed by atoms with E-state index in [0.29, 0.717) is 5.92 Å². The number of anilines is 1. The topological polar surface area (TPSA) is 37.8 Å². The molecular formula is C16H17N3S. The van der Waals surface area contributed by atoms with Gasteiger partial charge in [-0.05, 0) is 24.6 Å². The predicted octanol–water partition coefficient (Wildman–Crippen LogP) is 4.22. The number of benzene rings is 1. The van der Waals surface area contributed by atoms with Gasteiger partial charge in [-0.1, -0.05) is 25.1 Å². The molecule has 0 aliphatic carbocycles. The summed E-state index contributed by atoms with van der Waals surface area (Å²) in [5.74, 6) is 1.36. The van der Waals surface area contributed by atoms with Crippen molar-refractivity contribution in [3.8, 4) is 0 Å². The Hall–Kier alpha value is -1.94. The molecule has 0 radical (unpaired) electrons. The highest BCUT2D eigenvalue weighted by molar-refractivity contribution is 7.09. The number of thiazole rings is 1. The van der Waals surface area contributed by atoms with Crippen molar-refractivity contribution in [1.82, 2.24) is 9.97 Å². The Morgan fingerprint density at radius 3 is 2.95 bits per heavy atom. The van der Waals surface area contributed by atoms with Crippen LogP contribution in [0.25, 0.3) is 10.9 Å². The van der Waals surface area contributed by atoms with E-state index >= 15 is 0 Å². The summed E-state index contributed by atoms with van der Waals surface area (Å²) in [6.07, 6.45) is 1.86. The minimum Gasteiger partial charge on any atom is -0.369 e. The van der Waals surface area contributed by atoms with Gasteiger partial charge in [0.25, 0.3) is 0 Å². The van der Waals surface area contributed by atoms with Crippen LogP contribution in [-0.4, -0.2) is 16.5 Å². The highest BCUT2D eigenvalue weighted by Gasteiger charge is 2.09. The number of para-hydroxylation sites is 1. The molecule has 0 saturated carbocycles. The first-order valence-electron chi connectivity index (χ1n) is 6.73. The molecule has 3 nitrogen and oxygen atoms in total. The van der Waals surface area contributed by atoms with E-state index in [2.05, 4.69) is 36.3 Å². The second kappa shape index (κ2) is 5.59. The molecule has 0 aliphatic heterocycles. The maximum Gasteiger partial charge on any atom is 0.129 e. The summed E-state index contributed by atoms with van der Waals surface area (Å²) in [5.41, 5.74) is 2.21. The van der Waals surface area contributed by atoms with Crippen molar-refractivity contribution < 1.29 is 0 Å². The standard InChI is InChI=1S/C16H17N3S/c1-11-9-13-5-3-4-6-14(13)19-15(11)18-10-12(2)16-17-7-8-20-16/h3-9,12H,10H2,1-2H3,(H,18,19). The number of rotatable bonds is 4. The fraction of sp³-hybridized carbons (Fsp3) is 0.250. The number of aryl methyl sites for hydroxylation is 1. The smallest absolute Gasteiger partial charge is 0.129 e. The van der Waals surface area contributed by atoms with Crippen LogP contribution < -0.4 is 5.32 Å². The third kappa shape index (κ3) is 2.65. The normalized spacial score (nSPS) is 12.5. The molecule has 1 N–H and O–H groups in total. The zero-order valence-electron chi connectivity index (χ0n) is 11.6. The second-order valence-electron chi connectivity index (χ2n) is 5.00. The molecule has 1 unspecified atom stereocenters. The van der Waals surface area contributed by atoms with Crippen molar-refractivity contribution in [2.45, 2.75) is 19.8 Å². The van der Waals surface area contributed by atoms with Gasteiger partial charge in [0, 0.05) is 29.4 Å². The molecule has 20 heavy (non-hydrogen) atoms. The maximum atomic E-state index is 4.70. The molecule has 102 valence electrons. The average molecular weight is 283 g/mol. The van der Waals surface area contributed by atoms with E-state index in [1.807, 2.05) is 29.8 Å². The van der Waals surface area contributed by atoms with E-state index < -0.39 is 0 Å². The van der Waals surface area contributed by atoms with Crippen molar-refractivity contribution >= 4 is 28.1 Å². The van der Waals surface area contributed by atoms with Crippen LogP contribution in [0.15, 0.2) is 41.9 Å². The Morgan fingerprint density at radius 2 is 2.15 bits per heavy atom. The molecule has 0 bridgehead atoms. The largest absolute Gasteiger partial charge is 0.369 e. The number of hydrogen-bond donors (Lipinski definition) is 1. The maximum absolute atomic E-state index is 4.70. The Morgan fingerprint density at radius 1 is 1.30 bits per heavy atom. The van der Waals surface area contributed by atoms with Crippen LogP contribution in [0.1, 0.15) is 23.4 Å². The lowest BCUT2D eigenvalue weighted by Crippen LogP contribution is -2.11. The van der Waals surface area contributed by atoms with Gasteiger partial charge in [-0.25, -0.2) is 9.97 Å². The molecule has 4 heteroatoms. The van der Waals surface area contributed by atoms with Gasteiger partial charge in [0.15, 0.2) is 0 Å². The lowest BCUT2D eigenvalue weighted by atomic mass is 10.1. The highest BCUT2D eigenvalue weighted by Crippen LogP contribution is 2.22. The zero-order chi connectivity index (χ0) is 13.9. The Labute approximate surface area is 122 Å². The van der Waals surface area contributed by atoms with Crippen molar-refractivity contribution in [3.05, 3.63) is 52.5 Å². The first-order valence-corrected chi connectivity index (χ1v) is 7.61. The number of fused-ring (bicyclic) bond motifs is 1. The van der Waals surface area contributed by atoms with Crippen molar-refractivity contribution in [3.63, 3.8) is 0 Å². The van der Waals surface area contributed by atoms with Gasteiger partial charge in [-0.2, -0.15) is 0 Å². The minimum absolute atomic E-state index is 0.391. The highest BCUT2D eigenvalue weighted by atomic mass is 32.1. The molecule has 3 aromatic rings. The van der Waals surface area contributed by atoms with E-state index in [9.17, 15) is 0 Å². The van der Waals surface area contributed by atoms with E-state index in [4.69, 9.17) is 4.98 Å². The molecular weight excluding hydrogens is 266 g/mol. The number of nitrogens with one attached hydrogen (secondary N) is 1. The minimum atomic E-state index is 0.391. The monoisotopic (exact) mass is 283 g/mol. The summed E-state index contributed by atoms with van der Waals surface area (Å²) in [6, 6.07) is 10.4. The van der Waals surface area contributed by atoms with Crippen LogP contribution in [0.4, 0.5) is 5.82 Å². The van der Waals surface area contributed by atoms with Gasteiger partial charge in [0.05, 0.1) is 10.5 Å². The number of nitrogens with zero attached hydrogens (tertiary/aromatic N) is 2. The van der Waals surface area contributed by atoms with Gasteiger partial charge in [0.2, 0.25) is 0 Å². The van der Waals surface area contributed by atoms with Gasteiger partial charge < -0.3 is 5.32 Å². The number of hydrogen-bond acceptors (Lipinski definition) is 4. The van der Waals surface area contributed by atoms with Crippen LogP contribution in [0.2, 0.25) is 0 Å². The summed E-state index contributed by atoms with van der Waals surface area (Å²) in [5, 5.41) is 7.81. The molecule has 0 aliphatic rings. The fourth-order valence-corrected chi connectivity index (χ4v) is 2.91. The van der Waals surface area contributed by atoms with E-state index in [1.54, 1.807) is 11.3 Å². The molecule has 0 fully saturated rings. The second-order valence-corrected chi connectivity index (χ2v) is 5.93. The molecule has 2 heterocycles. The van der Waals surface area contributed by atoms with E-state index in [1.165, 1.54) is 10.9 Å². The Balaban J connectivity index is 1.79. The van der Waals surface area contributed by atoms with Crippen molar-refractivity contribution in [2.24, 2.45) is 0 Å². The summed E-state index contributed by atoms with van der Waals surface area (Å²) >= 11 is 1.70. The lowest BCUT2D eigenvalue weighted by molar-refractivity contribution is 0.791. The molecule has 0 amide bonds.